The van der Waals surface area contributed by atoms with Crippen molar-refractivity contribution >= 4 is 29.2 Å². The molecule has 9 heteroatoms. The maximum atomic E-state index is 14.5. The Kier molecular flexibility index (Phi) is 8.71. The summed E-state index contributed by atoms with van der Waals surface area (Å²) in [7, 11) is 0. The number of carbonyl (C=O) groups excluding carboxylic acids is 3. The number of esters is 1. The van der Waals surface area contributed by atoms with Crippen molar-refractivity contribution < 1.29 is 29.0 Å². The Morgan fingerprint density at radius 3 is 2.41 bits per heavy atom. The van der Waals surface area contributed by atoms with Gasteiger partial charge in [-0.15, -0.1) is 6.58 Å². The summed E-state index contributed by atoms with van der Waals surface area (Å²) < 4.78 is 12.0. The fourth-order valence-corrected chi connectivity index (χ4v) is 6.96. The fraction of sp³-hybridized carbons (Fsp3) is 0.633. The van der Waals surface area contributed by atoms with Crippen molar-refractivity contribution in [3.8, 4) is 0 Å². The molecule has 0 radical (unpaired) electrons. The molecule has 1 N–H and O–H groups in total. The highest BCUT2D eigenvalue weighted by atomic mass is 16.6. The first kappa shape index (κ1) is 29.1. The first-order valence-electron chi connectivity index (χ1n) is 14.3. The lowest BCUT2D eigenvalue weighted by atomic mass is 9.66. The van der Waals surface area contributed by atoms with Crippen molar-refractivity contribution in [1.29, 1.82) is 0 Å². The molecular formula is C30H43N3O6. The third-order valence-electron chi connectivity index (χ3n) is 8.73. The predicted octanol–water partition coefficient (Wildman–Crippen LogP) is 3.15. The monoisotopic (exact) mass is 541 g/mol. The third kappa shape index (κ3) is 4.84. The van der Waals surface area contributed by atoms with Crippen LogP contribution in [0.2, 0.25) is 0 Å². The van der Waals surface area contributed by atoms with E-state index in [0.717, 1.165) is 18.8 Å². The minimum atomic E-state index is -1.11. The zero-order valence-corrected chi connectivity index (χ0v) is 23.7. The van der Waals surface area contributed by atoms with E-state index >= 15 is 0 Å². The van der Waals surface area contributed by atoms with E-state index in [9.17, 15) is 19.5 Å². The molecule has 1 spiro atoms. The lowest BCUT2D eigenvalue weighted by molar-refractivity contribution is -0.159. The SMILES string of the molecule is C=CCN(C(=O)C1N(CCCCO)C(=O)[C@@H]2[C@@H](C(=O)OCC)[C@@]3(C)CCC12O3)c1ccc(N(CC)CC)cc1. The van der Waals surface area contributed by atoms with Crippen LogP contribution in [0.5, 0.6) is 0 Å². The van der Waals surface area contributed by atoms with Crippen molar-refractivity contribution in [1.82, 2.24) is 4.90 Å². The Labute approximate surface area is 231 Å². The van der Waals surface area contributed by atoms with Crippen molar-refractivity contribution in [2.75, 3.05) is 49.2 Å². The molecule has 3 saturated heterocycles. The summed E-state index contributed by atoms with van der Waals surface area (Å²) in [4.78, 5) is 47.2. The highest BCUT2D eigenvalue weighted by Gasteiger charge is 2.78. The van der Waals surface area contributed by atoms with Crippen LogP contribution in [0.15, 0.2) is 36.9 Å². The first-order valence-corrected chi connectivity index (χ1v) is 14.3. The second kappa shape index (κ2) is 11.7. The Bertz CT molecular complexity index is 1070. The maximum Gasteiger partial charge on any atom is 0.312 e. The Morgan fingerprint density at radius 2 is 1.82 bits per heavy atom. The van der Waals surface area contributed by atoms with E-state index in [4.69, 9.17) is 9.47 Å². The molecule has 39 heavy (non-hydrogen) atoms. The molecule has 2 amide bonds. The number of hydrogen-bond acceptors (Lipinski definition) is 7. The molecule has 2 bridgehead atoms. The van der Waals surface area contributed by atoms with Crippen LogP contribution in [0.4, 0.5) is 11.4 Å². The van der Waals surface area contributed by atoms with Gasteiger partial charge in [0.1, 0.15) is 17.6 Å². The average Bonchev–Trinajstić information content (AvgIpc) is 3.49. The number of rotatable bonds is 13. The zero-order chi connectivity index (χ0) is 28.4. The van der Waals surface area contributed by atoms with Crippen LogP contribution in [0.3, 0.4) is 0 Å². The second-order valence-corrected chi connectivity index (χ2v) is 10.9. The lowest BCUT2D eigenvalue weighted by Gasteiger charge is -2.37. The van der Waals surface area contributed by atoms with Crippen molar-refractivity contribution in [2.24, 2.45) is 11.8 Å². The Hall–Kier alpha value is -2.91. The van der Waals surface area contributed by atoms with Gasteiger partial charge in [-0.1, -0.05) is 6.08 Å². The van der Waals surface area contributed by atoms with Gasteiger partial charge in [0.2, 0.25) is 5.91 Å². The fourth-order valence-electron chi connectivity index (χ4n) is 6.96. The number of amides is 2. The highest BCUT2D eigenvalue weighted by Crippen LogP contribution is 2.63. The summed E-state index contributed by atoms with van der Waals surface area (Å²) in [5.74, 6) is -2.49. The van der Waals surface area contributed by atoms with Gasteiger partial charge in [-0.3, -0.25) is 14.4 Å². The number of benzene rings is 1. The van der Waals surface area contributed by atoms with E-state index in [1.54, 1.807) is 22.8 Å². The van der Waals surface area contributed by atoms with Crippen LogP contribution in [0.1, 0.15) is 53.4 Å². The van der Waals surface area contributed by atoms with Crippen molar-refractivity contribution in [2.45, 2.75) is 70.6 Å². The number of nitrogens with zero attached hydrogens (tertiary/aromatic N) is 3. The molecule has 1 aromatic carbocycles. The van der Waals surface area contributed by atoms with Gasteiger partial charge in [0.25, 0.3) is 5.91 Å². The van der Waals surface area contributed by atoms with Gasteiger partial charge in [0.05, 0.1) is 18.1 Å². The van der Waals surface area contributed by atoms with Crippen molar-refractivity contribution in [3.05, 3.63) is 36.9 Å². The summed E-state index contributed by atoms with van der Waals surface area (Å²) in [5.41, 5.74) is -0.200. The summed E-state index contributed by atoms with van der Waals surface area (Å²) in [5, 5.41) is 9.38. The number of hydrogen-bond donors (Lipinski definition) is 1. The van der Waals surface area contributed by atoms with E-state index in [0.29, 0.717) is 37.9 Å². The van der Waals surface area contributed by atoms with Crippen LogP contribution in [0, 0.1) is 11.8 Å². The predicted molar refractivity (Wildman–Crippen MR) is 149 cm³/mol. The molecule has 1 aromatic rings. The molecule has 0 aliphatic carbocycles. The number of unbranched alkanes of at least 4 members (excludes halogenated alkanes) is 1. The normalized spacial score (nSPS) is 28.9. The average molecular weight is 542 g/mol. The molecule has 3 aliphatic rings. The van der Waals surface area contributed by atoms with Gasteiger partial charge >= 0.3 is 5.97 Å². The summed E-state index contributed by atoms with van der Waals surface area (Å²) in [6, 6.07) is 6.96. The number of aliphatic hydroxyl groups is 1. The smallest absolute Gasteiger partial charge is 0.312 e. The Morgan fingerprint density at radius 1 is 1.15 bits per heavy atom. The molecule has 4 rings (SSSR count). The molecule has 0 saturated carbocycles. The van der Waals surface area contributed by atoms with Crippen LogP contribution < -0.4 is 9.80 Å². The van der Waals surface area contributed by atoms with E-state index < -0.39 is 35.0 Å². The number of likely N-dealkylation sites (tertiary alicyclic amines) is 1. The van der Waals surface area contributed by atoms with Gasteiger partial charge < -0.3 is 29.3 Å². The third-order valence-corrected chi connectivity index (χ3v) is 8.73. The van der Waals surface area contributed by atoms with E-state index in [2.05, 4.69) is 25.3 Å². The number of anilines is 2. The summed E-state index contributed by atoms with van der Waals surface area (Å²) in [6.45, 7) is 14.2. The van der Waals surface area contributed by atoms with Crippen molar-refractivity contribution in [3.63, 3.8) is 0 Å². The maximum absolute atomic E-state index is 14.5. The lowest BCUT2D eigenvalue weighted by Crippen LogP contribution is -2.56. The van der Waals surface area contributed by atoms with Crippen LogP contribution >= 0.6 is 0 Å². The quantitative estimate of drug-likeness (QED) is 0.233. The second-order valence-electron chi connectivity index (χ2n) is 10.9. The summed E-state index contributed by atoms with van der Waals surface area (Å²) in [6.07, 6.45) is 3.79. The van der Waals surface area contributed by atoms with Gasteiger partial charge in [-0.2, -0.15) is 0 Å². The molecular weight excluding hydrogens is 498 g/mol. The number of aliphatic hydroxyl groups excluding tert-OH is 1. The molecule has 3 heterocycles. The number of fused-ring (bicyclic) bond motifs is 1. The highest BCUT2D eigenvalue weighted by molar-refractivity contribution is 6.05. The molecule has 0 aromatic heterocycles. The Balaban J connectivity index is 1.74. The number of ether oxygens (including phenoxy) is 2. The zero-order valence-electron chi connectivity index (χ0n) is 23.7. The van der Waals surface area contributed by atoms with Gasteiger partial charge in [-0.05, 0) is 77.6 Å². The molecule has 9 nitrogen and oxygen atoms in total. The minimum absolute atomic E-state index is 0.00326. The van der Waals surface area contributed by atoms with E-state index in [1.165, 1.54) is 0 Å². The summed E-state index contributed by atoms with van der Waals surface area (Å²) >= 11 is 0. The van der Waals surface area contributed by atoms with Gasteiger partial charge in [0.15, 0.2) is 0 Å². The molecule has 2 unspecified atom stereocenters. The van der Waals surface area contributed by atoms with Crippen LogP contribution in [-0.4, -0.2) is 84.4 Å². The largest absolute Gasteiger partial charge is 0.466 e. The molecule has 5 atom stereocenters. The molecule has 3 fully saturated rings. The van der Waals surface area contributed by atoms with E-state index in [1.807, 2.05) is 31.2 Å². The molecule has 3 aliphatic heterocycles. The van der Waals surface area contributed by atoms with E-state index in [-0.39, 0.29) is 31.6 Å². The topological polar surface area (TPSA) is 99.6 Å². The minimum Gasteiger partial charge on any atom is -0.466 e. The van der Waals surface area contributed by atoms with Gasteiger partial charge in [0, 0.05) is 44.2 Å². The van der Waals surface area contributed by atoms with Crippen LogP contribution in [0.25, 0.3) is 0 Å². The first-order chi connectivity index (χ1) is 18.7. The van der Waals surface area contributed by atoms with Crippen LogP contribution in [-0.2, 0) is 23.9 Å². The standard InChI is InChI=1S/C30H43N3O6/c1-6-18-32(22-14-12-21(13-15-22)31(7-2)8-3)27(36)25-30-17-16-29(5,39-30)24(28(37)38-9-4)23(30)26(35)33(25)19-10-11-20-34/h6,12-15,23-25,34H,1,7-11,16-20H2,2-5H3/t23-,24-,25?,29+,30?/m0/s1. The van der Waals surface area contributed by atoms with Gasteiger partial charge in [-0.25, -0.2) is 0 Å². The molecule has 214 valence electrons. The number of carbonyl (C=O) groups is 3.